The number of piperidine rings is 1. The van der Waals surface area contributed by atoms with E-state index in [1.54, 1.807) is 6.92 Å². The topological polar surface area (TPSA) is 58.8 Å². The third-order valence-electron chi connectivity index (χ3n) is 4.71. The van der Waals surface area contributed by atoms with Gasteiger partial charge in [0.15, 0.2) is 0 Å². The van der Waals surface area contributed by atoms with Crippen LogP contribution in [0.5, 0.6) is 0 Å². The maximum atomic E-state index is 12.4. The molecule has 2 aliphatic rings. The van der Waals surface area contributed by atoms with Crippen LogP contribution in [0.3, 0.4) is 0 Å². The van der Waals surface area contributed by atoms with Crippen LogP contribution in [0.25, 0.3) is 0 Å². The van der Waals surface area contributed by atoms with Gasteiger partial charge in [0, 0.05) is 25.2 Å². The third kappa shape index (κ3) is 2.23. The summed E-state index contributed by atoms with van der Waals surface area (Å²) >= 11 is 0. The lowest BCUT2D eigenvalue weighted by Gasteiger charge is -2.49. The number of aryl methyl sites for hydroxylation is 1. The molecule has 6 heteroatoms. The van der Waals surface area contributed by atoms with Gasteiger partial charge >= 0.3 is 0 Å². The van der Waals surface area contributed by atoms with Crippen LogP contribution in [-0.2, 0) is 4.74 Å². The minimum atomic E-state index is 0.0259. The van der Waals surface area contributed by atoms with E-state index < -0.39 is 0 Å². The molecule has 2 aliphatic heterocycles. The maximum Gasteiger partial charge on any atom is 0.259 e. The number of carbonyl (C=O) groups is 1. The second kappa shape index (κ2) is 5.18. The number of ether oxygens (including phenoxy) is 1. The lowest BCUT2D eigenvalue weighted by atomic mass is 9.85. The van der Waals surface area contributed by atoms with Crippen LogP contribution in [0.4, 0.5) is 0 Å². The normalized spacial score (nSPS) is 23.2. The summed E-state index contributed by atoms with van der Waals surface area (Å²) in [6, 6.07) is 0. The Morgan fingerprint density at radius 1 is 1.35 bits per heavy atom. The minimum absolute atomic E-state index is 0.0259. The van der Waals surface area contributed by atoms with Crippen molar-refractivity contribution in [2.45, 2.75) is 25.3 Å². The maximum absolute atomic E-state index is 12.4. The molecule has 1 aromatic rings. The van der Waals surface area contributed by atoms with Crippen LogP contribution in [0.1, 0.15) is 28.9 Å². The zero-order valence-corrected chi connectivity index (χ0v) is 12.1. The molecule has 2 saturated heterocycles. The highest BCUT2D eigenvalue weighted by molar-refractivity contribution is 5.94. The van der Waals surface area contributed by atoms with Gasteiger partial charge in [-0.25, -0.2) is 0 Å². The van der Waals surface area contributed by atoms with Crippen molar-refractivity contribution >= 4 is 5.91 Å². The Bertz CT molecular complexity index is 492. The van der Waals surface area contributed by atoms with Crippen molar-refractivity contribution in [1.82, 2.24) is 15.0 Å². The van der Waals surface area contributed by atoms with Crippen LogP contribution >= 0.6 is 0 Å². The highest BCUT2D eigenvalue weighted by Crippen LogP contribution is 2.31. The van der Waals surface area contributed by atoms with Gasteiger partial charge in [0.05, 0.1) is 18.9 Å². The van der Waals surface area contributed by atoms with Crippen LogP contribution in [0.15, 0.2) is 10.8 Å². The SMILES string of the molecule is Cc1nocc1C(=O)N1CCC2(CC1)COCCN2C. The van der Waals surface area contributed by atoms with Crippen molar-refractivity contribution in [3.05, 3.63) is 17.5 Å². The molecule has 0 radical (unpaired) electrons. The molecule has 0 bridgehead atoms. The fraction of sp³-hybridized carbons (Fsp3) is 0.714. The second-order valence-corrected chi connectivity index (χ2v) is 5.80. The van der Waals surface area contributed by atoms with Gasteiger partial charge in [0.25, 0.3) is 5.91 Å². The van der Waals surface area contributed by atoms with E-state index in [9.17, 15) is 4.79 Å². The lowest BCUT2D eigenvalue weighted by molar-refractivity contribution is -0.0796. The highest BCUT2D eigenvalue weighted by atomic mass is 16.5. The molecule has 20 heavy (non-hydrogen) atoms. The number of rotatable bonds is 1. The number of hydrogen-bond donors (Lipinski definition) is 0. The van der Waals surface area contributed by atoms with E-state index in [0.29, 0.717) is 11.3 Å². The molecular formula is C14H21N3O3. The van der Waals surface area contributed by atoms with Crippen LogP contribution in [0, 0.1) is 6.92 Å². The minimum Gasteiger partial charge on any atom is -0.378 e. The molecule has 6 nitrogen and oxygen atoms in total. The Kier molecular flexibility index (Phi) is 3.52. The molecule has 0 atom stereocenters. The number of likely N-dealkylation sites (N-methyl/N-ethyl adjacent to an activating group) is 1. The second-order valence-electron chi connectivity index (χ2n) is 5.80. The van der Waals surface area contributed by atoms with Gasteiger partial charge in [-0.2, -0.15) is 0 Å². The summed E-state index contributed by atoms with van der Waals surface area (Å²) in [7, 11) is 2.16. The number of carbonyl (C=O) groups excluding carboxylic acids is 1. The molecule has 3 heterocycles. The Morgan fingerprint density at radius 2 is 2.10 bits per heavy atom. The number of nitrogens with zero attached hydrogens (tertiary/aromatic N) is 3. The summed E-state index contributed by atoms with van der Waals surface area (Å²) in [5.41, 5.74) is 1.35. The average molecular weight is 279 g/mol. The molecule has 3 rings (SSSR count). The Hall–Kier alpha value is -1.40. The van der Waals surface area contributed by atoms with Crippen LogP contribution in [-0.4, -0.2) is 66.3 Å². The highest BCUT2D eigenvalue weighted by Gasteiger charge is 2.41. The molecule has 110 valence electrons. The fourth-order valence-electron chi connectivity index (χ4n) is 3.13. The summed E-state index contributed by atoms with van der Waals surface area (Å²) < 4.78 is 10.5. The molecule has 0 saturated carbocycles. The predicted molar refractivity (Wildman–Crippen MR) is 72.6 cm³/mol. The van der Waals surface area contributed by atoms with E-state index >= 15 is 0 Å². The van der Waals surface area contributed by atoms with Crippen molar-refractivity contribution in [3.8, 4) is 0 Å². The van der Waals surface area contributed by atoms with Crippen LogP contribution in [0.2, 0.25) is 0 Å². The summed E-state index contributed by atoms with van der Waals surface area (Å²) in [6.45, 7) is 5.87. The summed E-state index contributed by atoms with van der Waals surface area (Å²) in [4.78, 5) is 16.7. The van der Waals surface area contributed by atoms with Gasteiger partial charge < -0.3 is 14.2 Å². The molecule has 0 unspecified atom stereocenters. The first-order valence-corrected chi connectivity index (χ1v) is 7.12. The molecule has 0 aromatic carbocycles. The number of aromatic nitrogens is 1. The first kappa shape index (κ1) is 13.6. The van der Waals surface area contributed by atoms with E-state index in [0.717, 1.165) is 45.7 Å². The molecule has 1 aromatic heterocycles. The largest absolute Gasteiger partial charge is 0.378 e. The van der Waals surface area contributed by atoms with E-state index in [1.807, 2.05) is 4.90 Å². The summed E-state index contributed by atoms with van der Waals surface area (Å²) in [5.74, 6) is 0.0259. The van der Waals surface area contributed by atoms with Gasteiger partial charge in [-0.05, 0) is 26.8 Å². The molecule has 0 aliphatic carbocycles. The molecule has 1 spiro atoms. The molecule has 2 fully saturated rings. The first-order chi connectivity index (χ1) is 9.62. The van der Waals surface area contributed by atoms with Crippen molar-refractivity contribution in [3.63, 3.8) is 0 Å². The van der Waals surface area contributed by atoms with Gasteiger partial charge in [-0.3, -0.25) is 9.69 Å². The average Bonchev–Trinajstić information content (AvgIpc) is 2.89. The summed E-state index contributed by atoms with van der Waals surface area (Å²) in [6.07, 6.45) is 3.36. The summed E-state index contributed by atoms with van der Waals surface area (Å²) in [5, 5.41) is 3.78. The third-order valence-corrected chi connectivity index (χ3v) is 4.71. The first-order valence-electron chi connectivity index (χ1n) is 7.12. The zero-order valence-electron chi connectivity index (χ0n) is 12.1. The number of amides is 1. The van der Waals surface area contributed by atoms with Gasteiger partial charge in [0.2, 0.25) is 0 Å². The Labute approximate surface area is 118 Å². The number of likely N-dealkylation sites (tertiary alicyclic amines) is 1. The van der Waals surface area contributed by atoms with Gasteiger partial charge in [-0.1, -0.05) is 5.16 Å². The fourth-order valence-corrected chi connectivity index (χ4v) is 3.13. The monoisotopic (exact) mass is 279 g/mol. The zero-order chi connectivity index (χ0) is 14.2. The molecule has 0 N–H and O–H groups in total. The van der Waals surface area contributed by atoms with E-state index in [1.165, 1.54) is 6.26 Å². The number of hydrogen-bond acceptors (Lipinski definition) is 5. The Balaban J connectivity index is 1.67. The quantitative estimate of drug-likeness (QED) is 0.765. The predicted octanol–water partition coefficient (Wildman–Crippen LogP) is 0.920. The standard InChI is InChI=1S/C14H21N3O3/c1-11-12(9-20-15-11)13(18)17-5-3-14(4-6-17)10-19-8-7-16(14)2/h9H,3-8,10H2,1-2H3. The Morgan fingerprint density at radius 3 is 2.70 bits per heavy atom. The molecule has 1 amide bonds. The van der Waals surface area contributed by atoms with Crippen molar-refractivity contribution in [2.24, 2.45) is 0 Å². The van der Waals surface area contributed by atoms with Crippen molar-refractivity contribution in [1.29, 1.82) is 0 Å². The van der Waals surface area contributed by atoms with E-state index in [2.05, 4.69) is 17.1 Å². The van der Waals surface area contributed by atoms with E-state index in [-0.39, 0.29) is 11.4 Å². The van der Waals surface area contributed by atoms with Crippen molar-refractivity contribution in [2.75, 3.05) is 39.9 Å². The molecular weight excluding hydrogens is 258 g/mol. The number of morpholine rings is 1. The van der Waals surface area contributed by atoms with Gasteiger partial charge in [-0.15, -0.1) is 0 Å². The van der Waals surface area contributed by atoms with Crippen LogP contribution < -0.4 is 0 Å². The smallest absolute Gasteiger partial charge is 0.259 e. The van der Waals surface area contributed by atoms with Crippen molar-refractivity contribution < 1.29 is 14.1 Å². The lowest BCUT2D eigenvalue weighted by Crippen LogP contribution is -2.60. The van der Waals surface area contributed by atoms with E-state index in [4.69, 9.17) is 9.26 Å². The van der Waals surface area contributed by atoms with Gasteiger partial charge in [0.1, 0.15) is 11.8 Å².